The molecule has 0 spiro atoms. The van der Waals surface area contributed by atoms with Crippen molar-refractivity contribution >= 4 is 16.9 Å². The number of aromatic nitrogens is 2. The summed E-state index contributed by atoms with van der Waals surface area (Å²) in [5.74, 6) is 0.0509. The number of esters is 1. The topological polar surface area (TPSA) is 44.1 Å². The largest absolute Gasteiger partial charge is 0.462 e. The summed E-state index contributed by atoms with van der Waals surface area (Å²) in [4.78, 5) is 12.1. The first-order valence-electron chi connectivity index (χ1n) is 12.4. The second-order valence-corrected chi connectivity index (χ2v) is 9.85. The van der Waals surface area contributed by atoms with E-state index < -0.39 is 11.7 Å². The molecule has 0 aliphatic rings. The number of alkyl halides is 3. The average molecular weight is 509 g/mol. The Morgan fingerprint density at radius 3 is 2.24 bits per heavy atom. The summed E-state index contributed by atoms with van der Waals surface area (Å²) in [5.41, 5.74) is 4.89. The van der Waals surface area contributed by atoms with E-state index in [0.717, 1.165) is 45.6 Å². The number of aryl methyl sites for hydroxylation is 2. The number of rotatable bonds is 7. The van der Waals surface area contributed by atoms with Crippen LogP contribution in [0.2, 0.25) is 0 Å². The number of ether oxygens (including phenoxy) is 1. The van der Waals surface area contributed by atoms with Gasteiger partial charge in [0.1, 0.15) is 0 Å². The maximum atomic E-state index is 13.2. The summed E-state index contributed by atoms with van der Waals surface area (Å²) in [6.45, 7) is 10.1. The zero-order chi connectivity index (χ0) is 26.9. The van der Waals surface area contributed by atoms with E-state index >= 15 is 0 Å². The van der Waals surface area contributed by atoms with Gasteiger partial charge in [-0.1, -0.05) is 32.0 Å². The second-order valence-electron chi connectivity index (χ2n) is 9.85. The molecule has 7 heteroatoms. The van der Waals surface area contributed by atoms with Crippen molar-refractivity contribution in [2.24, 2.45) is 5.92 Å². The number of hydrogen-bond acceptors (Lipinski definition) is 3. The Hall–Kier alpha value is -3.61. The molecule has 0 bridgehead atoms. The summed E-state index contributed by atoms with van der Waals surface area (Å²) in [7, 11) is 0. The van der Waals surface area contributed by atoms with Crippen LogP contribution in [0.1, 0.15) is 65.8 Å². The molecule has 1 atom stereocenters. The molecule has 0 unspecified atom stereocenters. The average Bonchev–Trinajstić information content (AvgIpc) is 3.24. The molecule has 37 heavy (non-hydrogen) atoms. The third kappa shape index (κ3) is 5.71. The van der Waals surface area contributed by atoms with E-state index in [1.54, 1.807) is 32.0 Å². The Balaban J connectivity index is 1.73. The lowest BCUT2D eigenvalue weighted by molar-refractivity contribution is -0.137. The van der Waals surface area contributed by atoms with Crippen LogP contribution in [-0.2, 0) is 10.9 Å². The number of carbonyl (C=O) groups excluding carboxylic acids is 1. The highest BCUT2D eigenvalue weighted by Crippen LogP contribution is 2.36. The monoisotopic (exact) mass is 508 g/mol. The fourth-order valence-corrected chi connectivity index (χ4v) is 4.69. The van der Waals surface area contributed by atoms with E-state index in [1.165, 1.54) is 6.07 Å². The van der Waals surface area contributed by atoms with Gasteiger partial charge in [-0.05, 0) is 97.3 Å². The van der Waals surface area contributed by atoms with Crippen LogP contribution in [0.15, 0.2) is 60.8 Å². The molecule has 4 nitrogen and oxygen atoms in total. The number of hydrogen-bond donors (Lipinski definition) is 0. The summed E-state index contributed by atoms with van der Waals surface area (Å²) >= 11 is 0. The molecule has 0 N–H and O–H groups in total. The first-order chi connectivity index (χ1) is 17.5. The van der Waals surface area contributed by atoms with Crippen molar-refractivity contribution in [1.82, 2.24) is 9.78 Å². The lowest BCUT2D eigenvalue weighted by Gasteiger charge is -2.20. The highest BCUT2D eigenvalue weighted by Gasteiger charge is 2.30. The van der Waals surface area contributed by atoms with Crippen LogP contribution >= 0.6 is 0 Å². The number of fused-ring (bicyclic) bond motifs is 1. The van der Waals surface area contributed by atoms with E-state index in [4.69, 9.17) is 9.84 Å². The third-order valence-corrected chi connectivity index (χ3v) is 6.53. The number of nitrogens with zero attached hydrogens (tertiary/aromatic N) is 2. The van der Waals surface area contributed by atoms with Gasteiger partial charge in [-0.2, -0.15) is 18.3 Å². The van der Waals surface area contributed by atoms with Crippen molar-refractivity contribution in [1.29, 1.82) is 0 Å². The minimum atomic E-state index is -4.37. The van der Waals surface area contributed by atoms with Gasteiger partial charge in [0.2, 0.25) is 0 Å². The Morgan fingerprint density at radius 2 is 1.65 bits per heavy atom. The molecule has 4 aromatic rings. The van der Waals surface area contributed by atoms with Crippen molar-refractivity contribution in [2.75, 3.05) is 6.61 Å². The van der Waals surface area contributed by atoms with Crippen molar-refractivity contribution in [2.45, 2.75) is 53.3 Å². The van der Waals surface area contributed by atoms with Crippen LogP contribution < -0.4 is 0 Å². The minimum Gasteiger partial charge on any atom is -0.462 e. The van der Waals surface area contributed by atoms with Gasteiger partial charge in [-0.3, -0.25) is 4.68 Å². The highest BCUT2D eigenvalue weighted by molar-refractivity contribution is 5.89. The molecule has 0 fully saturated rings. The molecule has 1 aromatic heterocycles. The molecule has 1 heterocycles. The van der Waals surface area contributed by atoms with Gasteiger partial charge in [-0.25, -0.2) is 4.79 Å². The minimum absolute atomic E-state index is 0.0415. The van der Waals surface area contributed by atoms with Crippen LogP contribution in [-0.4, -0.2) is 22.4 Å². The van der Waals surface area contributed by atoms with E-state index in [-0.39, 0.29) is 12.0 Å². The highest BCUT2D eigenvalue weighted by atomic mass is 19.4. The molecular formula is C30H31F3N2O2. The van der Waals surface area contributed by atoms with Gasteiger partial charge in [-0.15, -0.1) is 0 Å². The Bertz CT molecular complexity index is 1420. The fourth-order valence-electron chi connectivity index (χ4n) is 4.69. The van der Waals surface area contributed by atoms with Crippen molar-refractivity contribution in [3.05, 3.63) is 88.6 Å². The van der Waals surface area contributed by atoms with Gasteiger partial charge < -0.3 is 4.74 Å². The molecule has 0 saturated carbocycles. The maximum absolute atomic E-state index is 13.2. The zero-order valence-corrected chi connectivity index (χ0v) is 21.7. The van der Waals surface area contributed by atoms with E-state index in [9.17, 15) is 18.0 Å². The van der Waals surface area contributed by atoms with Crippen LogP contribution in [0.5, 0.6) is 0 Å². The smallest absolute Gasteiger partial charge is 0.416 e. The summed E-state index contributed by atoms with van der Waals surface area (Å²) in [6, 6.07) is 15.2. The summed E-state index contributed by atoms with van der Waals surface area (Å²) in [6.07, 6.45) is -1.54. The van der Waals surface area contributed by atoms with Crippen molar-refractivity contribution in [3.63, 3.8) is 0 Å². The third-order valence-electron chi connectivity index (χ3n) is 6.53. The standard InChI is InChI=1S/C30H31F3N2O2/c1-6-37-29(36)22-9-7-21(8-10-22)28(13-18(2)3)35-17-23-16-26(20(5)15-27(23)34-35)25-12-11-24(14-19(25)4)30(31,32)33/h7-12,14-18,28H,6,13H2,1-5H3/t28-/m0/s1. The van der Waals surface area contributed by atoms with Crippen LogP contribution in [0.4, 0.5) is 13.2 Å². The molecule has 0 amide bonds. The van der Waals surface area contributed by atoms with Gasteiger partial charge in [0, 0.05) is 11.6 Å². The first kappa shape index (κ1) is 26.5. The molecular weight excluding hydrogens is 477 g/mol. The molecule has 0 aliphatic heterocycles. The maximum Gasteiger partial charge on any atom is 0.416 e. The number of carbonyl (C=O) groups is 1. The zero-order valence-electron chi connectivity index (χ0n) is 21.7. The van der Waals surface area contributed by atoms with Gasteiger partial charge >= 0.3 is 12.1 Å². The fraction of sp³-hybridized carbons (Fsp3) is 0.333. The van der Waals surface area contributed by atoms with Crippen molar-refractivity contribution < 1.29 is 22.7 Å². The number of benzene rings is 3. The molecule has 0 aliphatic carbocycles. The normalized spacial score (nSPS) is 12.8. The summed E-state index contributed by atoms with van der Waals surface area (Å²) < 4.78 is 46.5. The van der Waals surface area contributed by atoms with Gasteiger partial charge in [0.15, 0.2) is 0 Å². The van der Waals surface area contributed by atoms with Crippen LogP contribution in [0.3, 0.4) is 0 Å². The number of halogens is 3. The molecule has 194 valence electrons. The van der Waals surface area contributed by atoms with Crippen LogP contribution in [0.25, 0.3) is 22.0 Å². The predicted molar refractivity (Wildman–Crippen MR) is 140 cm³/mol. The molecule has 0 radical (unpaired) electrons. The van der Waals surface area contributed by atoms with Gasteiger partial charge in [0.25, 0.3) is 0 Å². The molecule has 3 aromatic carbocycles. The van der Waals surface area contributed by atoms with E-state index in [2.05, 4.69) is 13.8 Å². The van der Waals surface area contributed by atoms with Crippen LogP contribution in [0, 0.1) is 19.8 Å². The Kier molecular flexibility index (Phi) is 7.44. The molecule has 4 rings (SSSR count). The Morgan fingerprint density at radius 1 is 0.973 bits per heavy atom. The quantitative estimate of drug-likeness (QED) is 0.237. The lowest BCUT2D eigenvalue weighted by atomic mass is 9.94. The summed E-state index contributed by atoms with van der Waals surface area (Å²) in [5, 5.41) is 5.78. The molecule has 0 saturated heterocycles. The lowest BCUT2D eigenvalue weighted by Crippen LogP contribution is -2.14. The Labute approximate surface area is 215 Å². The second kappa shape index (κ2) is 10.4. The van der Waals surface area contributed by atoms with Crippen molar-refractivity contribution in [3.8, 4) is 11.1 Å². The first-order valence-corrected chi connectivity index (χ1v) is 12.4. The van der Waals surface area contributed by atoms with E-state index in [0.29, 0.717) is 23.7 Å². The SMILES string of the molecule is CCOC(=O)c1ccc([C@H](CC(C)C)n2cc3cc(-c4ccc(C(F)(F)F)cc4C)c(C)cc3n2)cc1. The van der Waals surface area contributed by atoms with Gasteiger partial charge in [0.05, 0.1) is 29.3 Å². The van der Waals surface area contributed by atoms with E-state index in [1.807, 2.05) is 42.1 Å². The predicted octanol–water partition coefficient (Wildman–Crippen LogP) is 8.15.